The molecule has 2 nitrogen and oxygen atoms in total. The Hall–Kier alpha value is -0.540. The molecule has 1 aliphatic heterocycles. The number of benzene rings is 1. The first-order valence-corrected chi connectivity index (χ1v) is 7.74. The fraction of sp³-hybridized carbons (Fsp3) is 0.600. The zero-order valence-electron chi connectivity index (χ0n) is 10.9. The molecule has 0 atom stereocenters. The van der Waals surface area contributed by atoms with E-state index in [0.29, 0.717) is 0 Å². The average Bonchev–Trinajstić information content (AvgIpc) is 2.32. The van der Waals surface area contributed by atoms with Crippen molar-refractivity contribution in [2.24, 2.45) is 0 Å². The van der Waals surface area contributed by atoms with Gasteiger partial charge in [0.2, 0.25) is 0 Å². The van der Waals surface area contributed by atoms with Gasteiger partial charge in [0.15, 0.2) is 0 Å². The monoisotopic (exact) mass is 311 g/mol. The van der Waals surface area contributed by atoms with Crippen LogP contribution in [0.2, 0.25) is 0 Å². The molecule has 1 saturated heterocycles. The van der Waals surface area contributed by atoms with Gasteiger partial charge in [0.05, 0.1) is 0 Å². The maximum atomic E-state index is 5.79. The molecule has 3 heteroatoms. The van der Waals surface area contributed by atoms with Crippen LogP contribution in [0, 0.1) is 0 Å². The highest BCUT2D eigenvalue weighted by Gasteiger charge is 2.07. The van der Waals surface area contributed by atoms with Crippen molar-refractivity contribution >= 4 is 15.9 Å². The highest BCUT2D eigenvalue weighted by atomic mass is 79.9. The van der Waals surface area contributed by atoms with Crippen molar-refractivity contribution in [3.05, 3.63) is 28.7 Å². The van der Waals surface area contributed by atoms with Gasteiger partial charge in [-0.2, -0.15) is 0 Å². The normalized spacial score (nSPS) is 18.1. The first kappa shape index (κ1) is 13.9. The van der Waals surface area contributed by atoms with Gasteiger partial charge in [-0.3, -0.25) is 4.90 Å². The van der Waals surface area contributed by atoms with E-state index >= 15 is 0 Å². The van der Waals surface area contributed by atoms with Crippen molar-refractivity contribution in [1.29, 1.82) is 0 Å². The van der Waals surface area contributed by atoms with Crippen LogP contribution in [0.25, 0.3) is 0 Å². The smallest absolute Gasteiger partial charge is 0.120 e. The lowest BCUT2D eigenvalue weighted by molar-refractivity contribution is 0.195. The largest absolute Gasteiger partial charge is 0.492 e. The fourth-order valence-electron chi connectivity index (χ4n) is 2.39. The van der Waals surface area contributed by atoms with Gasteiger partial charge in [0.25, 0.3) is 0 Å². The summed E-state index contributed by atoms with van der Waals surface area (Å²) in [6.45, 7) is 4.31. The fourth-order valence-corrected chi connectivity index (χ4v) is 2.76. The molecule has 100 valence electrons. The zero-order valence-corrected chi connectivity index (χ0v) is 12.5. The molecule has 1 aromatic rings. The summed E-state index contributed by atoms with van der Waals surface area (Å²) >= 11 is 3.46. The summed E-state index contributed by atoms with van der Waals surface area (Å²) in [7, 11) is 0. The Morgan fingerprint density at radius 2 is 1.78 bits per heavy atom. The van der Waals surface area contributed by atoms with Crippen LogP contribution in [0.1, 0.15) is 32.1 Å². The maximum Gasteiger partial charge on any atom is 0.120 e. The standard InChI is InChI=1S/C15H22BrNO/c16-14-7-6-8-15(13-14)18-12-11-17-9-4-2-1-3-5-10-17/h6-8,13H,1-5,9-12H2. The van der Waals surface area contributed by atoms with Crippen LogP contribution in [-0.2, 0) is 0 Å². The molecule has 0 N–H and O–H groups in total. The number of hydrogen-bond donors (Lipinski definition) is 0. The summed E-state index contributed by atoms with van der Waals surface area (Å²) < 4.78 is 6.87. The summed E-state index contributed by atoms with van der Waals surface area (Å²) in [4.78, 5) is 2.54. The predicted molar refractivity (Wildman–Crippen MR) is 79.2 cm³/mol. The van der Waals surface area contributed by atoms with Gasteiger partial charge in [-0.25, -0.2) is 0 Å². The van der Waals surface area contributed by atoms with Crippen molar-refractivity contribution in [2.75, 3.05) is 26.2 Å². The Morgan fingerprint density at radius 3 is 2.50 bits per heavy atom. The van der Waals surface area contributed by atoms with Crippen molar-refractivity contribution in [3.63, 3.8) is 0 Å². The topological polar surface area (TPSA) is 12.5 Å². The Balaban J connectivity index is 1.70. The summed E-state index contributed by atoms with van der Waals surface area (Å²) in [5.74, 6) is 0.955. The summed E-state index contributed by atoms with van der Waals surface area (Å²) in [6.07, 6.45) is 6.89. The molecule has 0 radical (unpaired) electrons. The highest BCUT2D eigenvalue weighted by Crippen LogP contribution is 2.17. The van der Waals surface area contributed by atoms with E-state index in [9.17, 15) is 0 Å². The van der Waals surface area contributed by atoms with E-state index < -0.39 is 0 Å². The van der Waals surface area contributed by atoms with E-state index in [1.807, 2.05) is 24.3 Å². The lowest BCUT2D eigenvalue weighted by atomic mass is 10.1. The van der Waals surface area contributed by atoms with Gasteiger partial charge < -0.3 is 4.74 Å². The molecular weight excluding hydrogens is 290 g/mol. The molecule has 0 saturated carbocycles. The SMILES string of the molecule is Brc1cccc(OCCN2CCCCCCC2)c1. The van der Waals surface area contributed by atoms with E-state index in [4.69, 9.17) is 4.74 Å². The Kier molecular flexibility index (Phi) is 6.01. The number of hydrogen-bond acceptors (Lipinski definition) is 2. The van der Waals surface area contributed by atoms with Crippen molar-refractivity contribution in [2.45, 2.75) is 32.1 Å². The lowest BCUT2D eigenvalue weighted by Gasteiger charge is -2.24. The molecule has 1 fully saturated rings. The first-order valence-electron chi connectivity index (χ1n) is 6.95. The van der Waals surface area contributed by atoms with Gasteiger partial charge in [0, 0.05) is 11.0 Å². The minimum atomic E-state index is 0.788. The second-order valence-corrected chi connectivity index (χ2v) is 5.83. The van der Waals surface area contributed by atoms with Gasteiger partial charge in [-0.1, -0.05) is 41.3 Å². The van der Waals surface area contributed by atoms with Crippen molar-refractivity contribution in [1.82, 2.24) is 4.90 Å². The Bertz CT molecular complexity index is 348. The van der Waals surface area contributed by atoms with Crippen LogP contribution >= 0.6 is 15.9 Å². The molecule has 1 aromatic carbocycles. The molecule has 0 amide bonds. The summed E-state index contributed by atoms with van der Waals surface area (Å²) in [5.41, 5.74) is 0. The molecule has 0 unspecified atom stereocenters. The predicted octanol–water partition coefficient (Wildman–Crippen LogP) is 4.09. The first-order chi connectivity index (χ1) is 8.84. The summed E-state index contributed by atoms with van der Waals surface area (Å²) in [5, 5.41) is 0. The van der Waals surface area contributed by atoms with Crippen LogP contribution < -0.4 is 4.74 Å². The highest BCUT2D eigenvalue weighted by molar-refractivity contribution is 9.10. The third-order valence-electron chi connectivity index (χ3n) is 3.42. The number of ether oxygens (including phenoxy) is 1. The van der Waals surface area contributed by atoms with Crippen LogP contribution in [0.15, 0.2) is 28.7 Å². The van der Waals surface area contributed by atoms with Gasteiger partial charge in [-0.15, -0.1) is 0 Å². The molecule has 2 rings (SSSR count). The minimum absolute atomic E-state index is 0.788. The molecule has 1 aliphatic rings. The average molecular weight is 312 g/mol. The molecule has 0 spiro atoms. The van der Waals surface area contributed by atoms with E-state index in [0.717, 1.165) is 23.4 Å². The third kappa shape index (κ3) is 4.99. The van der Waals surface area contributed by atoms with E-state index in [1.54, 1.807) is 0 Å². The van der Waals surface area contributed by atoms with Crippen molar-refractivity contribution < 1.29 is 4.74 Å². The second-order valence-electron chi connectivity index (χ2n) is 4.92. The number of halogens is 1. The Labute approximate surface area is 118 Å². The third-order valence-corrected chi connectivity index (χ3v) is 3.91. The molecule has 0 bridgehead atoms. The van der Waals surface area contributed by atoms with Crippen LogP contribution in [0.3, 0.4) is 0 Å². The molecule has 0 aliphatic carbocycles. The van der Waals surface area contributed by atoms with Crippen molar-refractivity contribution in [3.8, 4) is 5.75 Å². The van der Waals surface area contributed by atoms with Gasteiger partial charge in [0.1, 0.15) is 12.4 Å². The van der Waals surface area contributed by atoms with Gasteiger partial charge >= 0.3 is 0 Å². The second kappa shape index (κ2) is 7.80. The van der Waals surface area contributed by atoms with E-state index in [1.165, 1.54) is 45.2 Å². The molecule has 0 aromatic heterocycles. The molecule has 18 heavy (non-hydrogen) atoms. The van der Waals surface area contributed by atoms with Crippen LogP contribution in [0.5, 0.6) is 5.75 Å². The Morgan fingerprint density at radius 1 is 1.06 bits per heavy atom. The quantitative estimate of drug-likeness (QED) is 0.830. The zero-order chi connectivity index (χ0) is 12.6. The van der Waals surface area contributed by atoms with E-state index in [-0.39, 0.29) is 0 Å². The number of likely N-dealkylation sites (tertiary alicyclic amines) is 1. The molecular formula is C15H22BrNO. The maximum absolute atomic E-state index is 5.79. The van der Waals surface area contributed by atoms with Crippen LogP contribution in [-0.4, -0.2) is 31.1 Å². The van der Waals surface area contributed by atoms with Gasteiger partial charge in [-0.05, 0) is 44.1 Å². The lowest BCUT2D eigenvalue weighted by Crippen LogP contribution is -2.31. The molecule has 1 heterocycles. The van der Waals surface area contributed by atoms with E-state index in [2.05, 4.69) is 20.8 Å². The number of nitrogens with zero attached hydrogens (tertiary/aromatic N) is 1. The minimum Gasteiger partial charge on any atom is -0.492 e. The number of rotatable bonds is 4. The summed E-state index contributed by atoms with van der Waals surface area (Å²) in [6, 6.07) is 8.06. The van der Waals surface area contributed by atoms with Crippen LogP contribution in [0.4, 0.5) is 0 Å².